The molecule has 2 nitrogen and oxygen atoms in total. The monoisotopic (exact) mass is 184 g/mol. The van der Waals surface area contributed by atoms with E-state index in [0.29, 0.717) is 0 Å². The lowest BCUT2D eigenvalue weighted by Gasteiger charge is -2.39. The average molecular weight is 184 g/mol. The molecule has 0 radical (unpaired) electrons. The lowest BCUT2D eigenvalue weighted by molar-refractivity contribution is 0.105. The molecule has 0 aromatic carbocycles. The minimum Gasteiger partial charge on any atom is -0.316 e. The van der Waals surface area contributed by atoms with Gasteiger partial charge < -0.3 is 5.32 Å². The van der Waals surface area contributed by atoms with Crippen molar-refractivity contribution in [3.8, 4) is 0 Å². The summed E-state index contributed by atoms with van der Waals surface area (Å²) in [5, 5.41) is 3.39. The van der Waals surface area contributed by atoms with Gasteiger partial charge in [-0.25, -0.2) is 0 Å². The highest BCUT2D eigenvalue weighted by atomic mass is 15.2. The fourth-order valence-electron chi connectivity index (χ4n) is 2.30. The van der Waals surface area contributed by atoms with Crippen LogP contribution in [-0.2, 0) is 0 Å². The molecule has 1 fully saturated rings. The summed E-state index contributed by atoms with van der Waals surface area (Å²) in [6, 6.07) is 1.59. The van der Waals surface area contributed by atoms with Crippen molar-refractivity contribution in [3.05, 3.63) is 0 Å². The third-order valence-corrected chi connectivity index (χ3v) is 3.17. The van der Waals surface area contributed by atoms with Gasteiger partial charge in [-0.15, -0.1) is 0 Å². The summed E-state index contributed by atoms with van der Waals surface area (Å²) in [7, 11) is 0. The number of hydrogen-bond acceptors (Lipinski definition) is 2. The van der Waals surface area contributed by atoms with Gasteiger partial charge in [-0.3, -0.25) is 4.90 Å². The van der Waals surface area contributed by atoms with Gasteiger partial charge in [0.25, 0.3) is 0 Å². The quantitative estimate of drug-likeness (QED) is 0.671. The summed E-state index contributed by atoms with van der Waals surface area (Å²) in [4.78, 5) is 2.64. The van der Waals surface area contributed by atoms with Crippen LogP contribution < -0.4 is 5.32 Å². The topological polar surface area (TPSA) is 15.3 Å². The van der Waals surface area contributed by atoms with Crippen LogP contribution in [0, 0.1) is 0 Å². The van der Waals surface area contributed by atoms with Gasteiger partial charge in [-0.1, -0.05) is 13.3 Å². The molecule has 1 aliphatic heterocycles. The molecular formula is C11H24N2. The number of piperidine rings is 1. The van der Waals surface area contributed by atoms with Gasteiger partial charge in [-0.2, -0.15) is 0 Å². The second kappa shape index (κ2) is 5.61. The highest BCUT2D eigenvalue weighted by Crippen LogP contribution is 2.21. The summed E-state index contributed by atoms with van der Waals surface area (Å²) in [5.41, 5.74) is 0. The molecule has 1 N–H and O–H groups in total. The lowest BCUT2D eigenvalue weighted by Crippen LogP contribution is -2.46. The van der Waals surface area contributed by atoms with Gasteiger partial charge in [0.15, 0.2) is 0 Å². The normalized spacial score (nSPS) is 30.7. The van der Waals surface area contributed by atoms with Gasteiger partial charge in [-0.05, 0) is 33.2 Å². The summed E-state index contributed by atoms with van der Waals surface area (Å²) in [6.45, 7) is 10.4. The molecule has 0 aromatic heterocycles. The van der Waals surface area contributed by atoms with E-state index in [0.717, 1.165) is 25.2 Å². The van der Waals surface area contributed by atoms with E-state index in [2.05, 4.69) is 31.0 Å². The van der Waals surface area contributed by atoms with Crippen LogP contribution in [0.5, 0.6) is 0 Å². The van der Waals surface area contributed by atoms with Gasteiger partial charge in [0.2, 0.25) is 0 Å². The molecule has 2 unspecified atom stereocenters. The van der Waals surface area contributed by atoms with Crippen LogP contribution in [0.15, 0.2) is 0 Å². The van der Waals surface area contributed by atoms with E-state index in [-0.39, 0.29) is 0 Å². The minimum absolute atomic E-state index is 0.794. The SMILES string of the molecule is CCNCCN1C(C)CCCC1C. The zero-order valence-corrected chi connectivity index (χ0v) is 9.34. The lowest BCUT2D eigenvalue weighted by atomic mass is 9.98. The third kappa shape index (κ3) is 3.28. The van der Waals surface area contributed by atoms with E-state index >= 15 is 0 Å². The maximum Gasteiger partial charge on any atom is 0.0112 e. The minimum atomic E-state index is 0.794. The Balaban J connectivity index is 2.26. The Bertz CT molecular complexity index is 126. The van der Waals surface area contributed by atoms with Crippen LogP contribution in [0.2, 0.25) is 0 Å². The van der Waals surface area contributed by atoms with Crippen molar-refractivity contribution in [2.24, 2.45) is 0 Å². The summed E-state index contributed by atoms with van der Waals surface area (Å²) in [5.74, 6) is 0. The fraction of sp³-hybridized carbons (Fsp3) is 1.00. The second-order valence-corrected chi connectivity index (χ2v) is 4.22. The van der Waals surface area contributed by atoms with Crippen molar-refractivity contribution < 1.29 is 0 Å². The predicted molar refractivity (Wildman–Crippen MR) is 58.0 cm³/mol. The van der Waals surface area contributed by atoms with Crippen molar-refractivity contribution in [1.29, 1.82) is 0 Å². The van der Waals surface area contributed by atoms with Crippen LogP contribution in [0.25, 0.3) is 0 Å². The van der Waals surface area contributed by atoms with Crippen LogP contribution in [0.1, 0.15) is 40.0 Å². The predicted octanol–water partition coefficient (Wildman–Crippen LogP) is 1.86. The maximum absolute atomic E-state index is 3.39. The van der Waals surface area contributed by atoms with E-state index < -0.39 is 0 Å². The molecule has 1 aliphatic rings. The first-order valence-electron chi connectivity index (χ1n) is 5.72. The van der Waals surface area contributed by atoms with E-state index in [1.165, 1.54) is 25.8 Å². The molecule has 2 heteroatoms. The molecule has 78 valence electrons. The number of likely N-dealkylation sites (tertiary alicyclic amines) is 1. The maximum atomic E-state index is 3.39. The van der Waals surface area contributed by atoms with E-state index in [9.17, 15) is 0 Å². The first-order chi connectivity index (χ1) is 6.25. The number of likely N-dealkylation sites (N-methyl/N-ethyl adjacent to an activating group) is 1. The Labute approximate surface area is 82.7 Å². The summed E-state index contributed by atoms with van der Waals surface area (Å²) >= 11 is 0. The fourth-order valence-corrected chi connectivity index (χ4v) is 2.30. The number of nitrogens with zero attached hydrogens (tertiary/aromatic N) is 1. The molecule has 0 aliphatic carbocycles. The first-order valence-corrected chi connectivity index (χ1v) is 5.72. The van der Waals surface area contributed by atoms with E-state index in [1.807, 2.05) is 0 Å². The van der Waals surface area contributed by atoms with Crippen LogP contribution >= 0.6 is 0 Å². The van der Waals surface area contributed by atoms with Gasteiger partial charge >= 0.3 is 0 Å². The molecule has 0 spiro atoms. The number of nitrogens with one attached hydrogen (secondary N) is 1. The Morgan fingerprint density at radius 3 is 2.38 bits per heavy atom. The number of rotatable bonds is 4. The average Bonchev–Trinajstić information content (AvgIpc) is 2.10. The Morgan fingerprint density at radius 2 is 1.85 bits per heavy atom. The third-order valence-electron chi connectivity index (χ3n) is 3.17. The molecule has 0 bridgehead atoms. The molecule has 13 heavy (non-hydrogen) atoms. The Morgan fingerprint density at radius 1 is 1.23 bits per heavy atom. The van der Waals surface area contributed by atoms with Crippen molar-refractivity contribution in [2.75, 3.05) is 19.6 Å². The first kappa shape index (κ1) is 11.0. The smallest absolute Gasteiger partial charge is 0.0112 e. The van der Waals surface area contributed by atoms with Crippen molar-refractivity contribution in [1.82, 2.24) is 10.2 Å². The molecular weight excluding hydrogens is 160 g/mol. The van der Waals surface area contributed by atoms with E-state index in [1.54, 1.807) is 0 Å². The molecule has 1 heterocycles. The number of hydrogen-bond donors (Lipinski definition) is 1. The molecule has 0 aromatic rings. The molecule has 1 rings (SSSR count). The second-order valence-electron chi connectivity index (χ2n) is 4.22. The zero-order chi connectivity index (χ0) is 9.68. The van der Waals surface area contributed by atoms with Gasteiger partial charge in [0.05, 0.1) is 0 Å². The largest absolute Gasteiger partial charge is 0.316 e. The highest BCUT2D eigenvalue weighted by molar-refractivity contribution is 4.79. The summed E-state index contributed by atoms with van der Waals surface area (Å²) in [6.07, 6.45) is 4.19. The van der Waals surface area contributed by atoms with Gasteiger partial charge in [0, 0.05) is 25.2 Å². The van der Waals surface area contributed by atoms with Gasteiger partial charge in [0.1, 0.15) is 0 Å². The molecule has 1 saturated heterocycles. The standard InChI is InChI=1S/C11H24N2/c1-4-12-8-9-13-10(2)6-5-7-11(13)3/h10-12H,4-9H2,1-3H3. The van der Waals surface area contributed by atoms with Crippen LogP contribution in [0.4, 0.5) is 0 Å². The molecule has 0 amide bonds. The van der Waals surface area contributed by atoms with Crippen molar-refractivity contribution >= 4 is 0 Å². The van der Waals surface area contributed by atoms with Crippen molar-refractivity contribution in [2.45, 2.75) is 52.1 Å². The zero-order valence-electron chi connectivity index (χ0n) is 9.34. The van der Waals surface area contributed by atoms with Crippen molar-refractivity contribution in [3.63, 3.8) is 0 Å². The molecule has 2 atom stereocenters. The van der Waals surface area contributed by atoms with Crippen LogP contribution in [0.3, 0.4) is 0 Å². The molecule has 0 saturated carbocycles. The summed E-state index contributed by atoms with van der Waals surface area (Å²) < 4.78 is 0. The van der Waals surface area contributed by atoms with Crippen LogP contribution in [-0.4, -0.2) is 36.6 Å². The highest BCUT2D eigenvalue weighted by Gasteiger charge is 2.23. The Kier molecular flexibility index (Phi) is 4.74. The van der Waals surface area contributed by atoms with E-state index in [4.69, 9.17) is 0 Å². The Hall–Kier alpha value is -0.0800.